The molecule has 1 aromatic heterocycles. The van der Waals surface area contributed by atoms with Gasteiger partial charge in [0.15, 0.2) is 0 Å². The zero-order valence-electron chi connectivity index (χ0n) is 12.0. The Labute approximate surface area is 127 Å². The highest BCUT2D eigenvalue weighted by molar-refractivity contribution is 5.91. The van der Waals surface area contributed by atoms with Gasteiger partial charge in [0.05, 0.1) is 7.11 Å². The highest BCUT2D eigenvalue weighted by Crippen LogP contribution is 2.15. The first kappa shape index (κ1) is 15.3. The van der Waals surface area contributed by atoms with Crippen LogP contribution in [-0.2, 0) is 11.3 Å². The number of hydrogen-bond donors (Lipinski definition) is 3. The fourth-order valence-electron chi connectivity index (χ4n) is 1.70. The molecule has 114 valence electrons. The molecule has 0 aliphatic rings. The number of aromatic nitrogens is 1. The molecule has 0 saturated carbocycles. The largest absolute Gasteiger partial charge is 0.453 e. The van der Waals surface area contributed by atoms with E-state index in [1.165, 1.54) is 7.11 Å². The van der Waals surface area contributed by atoms with Crippen LogP contribution in [0.3, 0.4) is 0 Å². The van der Waals surface area contributed by atoms with Crippen LogP contribution >= 0.6 is 0 Å². The second kappa shape index (κ2) is 7.63. The van der Waals surface area contributed by atoms with Crippen LogP contribution in [0.5, 0.6) is 0 Å². The molecule has 3 N–H and O–H groups in total. The van der Waals surface area contributed by atoms with Gasteiger partial charge in [0.25, 0.3) is 0 Å². The number of methoxy groups -OCH3 is 1. The zero-order chi connectivity index (χ0) is 15.8. The molecule has 1 heterocycles. The highest BCUT2D eigenvalue weighted by Gasteiger charge is 2.04. The fraction of sp³-hybridized carbons (Fsp3) is 0.133. The third-order valence-corrected chi connectivity index (χ3v) is 2.75. The summed E-state index contributed by atoms with van der Waals surface area (Å²) >= 11 is 0. The van der Waals surface area contributed by atoms with Gasteiger partial charge < -0.3 is 15.4 Å². The number of carbonyl (C=O) groups excluding carboxylic acids is 2. The maximum Gasteiger partial charge on any atom is 0.411 e. The van der Waals surface area contributed by atoms with Crippen molar-refractivity contribution in [2.75, 3.05) is 17.7 Å². The molecule has 0 spiro atoms. The Morgan fingerprint density at radius 2 is 1.77 bits per heavy atom. The average Bonchev–Trinajstić information content (AvgIpc) is 2.54. The monoisotopic (exact) mass is 300 g/mol. The summed E-state index contributed by atoms with van der Waals surface area (Å²) < 4.78 is 4.51. The lowest BCUT2D eigenvalue weighted by molar-refractivity contribution is 0.187. The van der Waals surface area contributed by atoms with Crippen LogP contribution in [0.1, 0.15) is 5.56 Å². The second-order valence-electron chi connectivity index (χ2n) is 4.36. The van der Waals surface area contributed by atoms with Crippen molar-refractivity contribution in [2.24, 2.45) is 0 Å². The lowest BCUT2D eigenvalue weighted by Crippen LogP contribution is -2.28. The standard InChI is InChI=1S/C15H16N4O3/c1-22-15(21)19-13-4-2-3-12(9-13)18-14(20)17-10-11-5-7-16-8-6-11/h2-9H,10H2,1H3,(H,19,21)(H2,17,18,20). The number of benzene rings is 1. The molecule has 0 unspecified atom stereocenters. The second-order valence-corrected chi connectivity index (χ2v) is 4.36. The Morgan fingerprint density at radius 1 is 1.09 bits per heavy atom. The number of rotatable bonds is 4. The summed E-state index contributed by atoms with van der Waals surface area (Å²) in [5.74, 6) is 0. The van der Waals surface area contributed by atoms with Gasteiger partial charge in [-0.05, 0) is 35.9 Å². The minimum Gasteiger partial charge on any atom is -0.453 e. The van der Waals surface area contributed by atoms with Crippen molar-refractivity contribution in [3.05, 3.63) is 54.4 Å². The Balaban J connectivity index is 1.88. The highest BCUT2D eigenvalue weighted by atomic mass is 16.5. The molecule has 2 aromatic rings. The molecule has 0 saturated heterocycles. The van der Waals surface area contributed by atoms with Gasteiger partial charge in [0.2, 0.25) is 0 Å². The van der Waals surface area contributed by atoms with Crippen molar-refractivity contribution in [1.82, 2.24) is 10.3 Å². The van der Waals surface area contributed by atoms with E-state index in [4.69, 9.17) is 0 Å². The Kier molecular flexibility index (Phi) is 5.31. The van der Waals surface area contributed by atoms with E-state index in [1.54, 1.807) is 36.7 Å². The SMILES string of the molecule is COC(=O)Nc1cccc(NC(=O)NCc2ccncc2)c1. The first-order valence-electron chi connectivity index (χ1n) is 6.56. The van der Waals surface area contributed by atoms with Crippen LogP contribution < -0.4 is 16.0 Å². The van der Waals surface area contributed by atoms with Crippen LogP contribution in [0.25, 0.3) is 0 Å². The molecule has 0 bridgehead atoms. The van der Waals surface area contributed by atoms with Gasteiger partial charge in [0.1, 0.15) is 0 Å². The number of anilines is 2. The molecule has 0 atom stereocenters. The third kappa shape index (κ3) is 4.78. The van der Waals surface area contributed by atoms with Crippen LogP contribution in [0.4, 0.5) is 21.0 Å². The van der Waals surface area contributed by atoms with Crippen molar-refractivity contribution in [3.63, 3.8) is 0 Å². The predicted molar refractivity (Wildman–Crippen MR) is 82.6 cm³/mol. The van der Waals surface area contributed by atoms with E-state index < -0.39 is 6.09 Å². The molecule has 0 fully saturated rings. The van der Waals surface area contributed by atoms with Crippen LogP contribution in [0.15, 0.2) is 48.8 Å². The van der Waals surface area contributed by atoms with Crippen molar-refractivity contribution in [3.8, 4) is 0 Å². The van der Waals surface area contributed by atoms with Crippen molar-refractivity contribution >= 4 is 23.5 Å². The van der Waals surface area contributed by atoms with E-state index in [1.807, 2.05) is 12.1 Å². The molecule has 22 heavy (non-hydrogen) atoms. The molecule has 0 radical (unpaired) electrons. The lowest BCUT2D eigenvalue weighted by atomic mass is 10.2. The summed E-state index contributed by atoms with van der Waals surface area (Å²) in [6.45, 7) is 0.397. The topological polar surface area (TPSA) is 92.4 Å². The number of carbonyl (C=O) groups is 2. The van der Waals surface area contributed by atoms with E-state index >= 15 is 0 Å². The molecular weight excluding hydrogens is 284 g/mol. The van der Waals surface area contributed by atoms with Gasteiger partial charge in [-0.25, -0.2) is 9.59 Å². The summed E-state index contributed by atoms with van der Waals surface area (Å²) in [6.07, 6.45) is 2.76. The number of ether oxygens (including phenoxy) is 1. The first-order chi connectivity index (χ1) is 10.7. The number of nitrogens with one attached hydrogen (secondary N) is 3. The Bertz CT molecular complexity index is 646. The summed E-state index contributed by atoms with van der Waals surface area (Å²) in [7, 11) is 1.28. The van der Waals surface area contributed by atoms with E-state index in [-0.39, 0.29) is 6.03 Å². The first-order valence-corrected chi connectivity index (χ1v) is 6.56. The molecule has 7 heteroatoms. The van der Waals surface area contributed by atoms with Crippen LogP contribution in [0.2, 0.25) is 0 Å². The van der Waals surface area contributed by atoms with Gasteiger partial charge in [-0.1, -0.05) is 6.07 Å². The smallest absolute Gasteiger partial charge is 0.411 e. The number of urea groups is 1. The van der Waals surface area contributed by atoms with Crippen molar-refractivity contribution < 1.29 is 14.3 Å². The number of hydrogen-bond acceptors (Lipinski definition) is 4. The van der Waals surface area contributed by atoms with Crippen molar-refractivity contribution in [2.45, 2.75) is 6.54 Å². The van der Waals surface area contributed by atoms with Gasteiger partial charge >= 0.3 is 12.1 Å². The van der Waals surface area contributed by atoms with E-state index in [2.05, 4.69) is 25.7 Å². The van der Waals surface area contributed by atoms with Crippen LogP contribution in [-0.4, -0.2) is 24.2 Å². The van der Waals surface area contributed by atoms with Gasteiger partial charge in [-0.15, -0.1) is 0 Å². The van der Waals surface area contributed by atoms with Gasteiger partial charge in [-0.3, -0.25) is 10.3 Å². The lowest BCUT2D eigenvalue weighted by Gasteiger charge is -2.09. The van der Waals surface area contributed by atoms with E-state index in [0.29, 0.717) is 17.9 Å². The normalized spacial score (nSPS) is 9.68. The number of pyridine rings is 1. The molecule has 0 aliphatic heterocycles. The van der Waals surface area contributed by atoms with Crippen molar-refractivity contribution in [1.29, 1.82) is 0 Å². The van der Waals surface area contributed by atoms with E-state index in [0.717, 1.165) is 5.56 Å². The molecule has 2 rings (SSSR count). The maximum atomic E-state index is 11.8. The molecular formula is C15H16N4O3. The van der Waals surface area contributed by atoms with Crippen LogP contribution in [0, 0.1) is 0 Å². The van der Waals surface area contributed by atoms with Gasteiger partial charge in [0, 0.05) is 30.3 Å². The summed E-state index contributed by atoms with van der Waals surface area (Å²) in [5, 5.41) is 7.94. The third-order valence-electron chi connectivity index (χ3n) is 2.75. The summed E-state index contributed by atoms with van der Waals surface area (Å²) in [4.78, 5) is 26.9. The quantitative estimate of drug-likeness (QED) is 0.809. The summed E-state index contributed by atoms with van der Waals surface area (Å²) in [6, 6.07) is 10.0. The minimum atomic E-state index is -0.570. The molecule has 7 nitrogen and oxygen atoms in total. The predicted octanol–water partition coefficient (Wildman–Crippen LogP) is 2.58. The van der Waals surface area contributed by atoms with E-state index in [9.17, 15) is 9.59 Å². The Morgan fingerprint density at radius 3 is 2.45 bits per heavy atom. The number of amides is 3. The maximum absolute atomic E-state index is 11.8. The Hall–Kier alpha value is -3.09. The van der Waals surface area contributed by atoms with Gasteiger partial charge in [-0.2, -0.15) is 0 Å². The number of nitrogens with zero attached hydrogens (tertiary/aromatic N) is 1. The molecule has 0 aliphatic carbocycles. The summed E-state index contributed by atoms with van der Waals surface area (Å²) in [5.41, 5.74) is 2.03. The fourth-order valence-corrected chi connectivity index (χ4v) is 1.70. The minimum absolute atomic E-state index is 0.341. The zero-order valence-corrected chi connectivity index (χ0v) is 12.0. The molecule has 3 amide bonds. The average molecular weight is 300 g/mol. The molecule has 1 aromatic carbocycles.